The number of hydrogen-bond acceptors (Lipinski definition) is 5. The second-order valence-corrected chi connectivity index (χ2v) is 6.70. The van der Waals surface area contributed by atoms with Crippen molar-refractivity contribution in [2.45, 2.75) is 33.9 Å². The summed E-state index contributed by atoms with van der Waals surface area (Å²) in [6.45, 7) is 8.06. The number of amides is 2. The number of hydrogen-bond donors (Lipinski definition) is 1. The Balaban J connectivity index is 1.78. The zero-order chi connectivity index (χ0) is 19.6. The van der Waals surface area contributed by atoms with E-state index < -0.39 is 0 Å². The van der Waals surface area contributed by atoms with Gasteiger partial charge in [0.15, 0.2) is 0 Å². The lowest BCUT2D eigenvalue weighted by Gasteiger charge is -2.27. The molecule has 10 heteroatoms. The first-order chi connectivity index (χ1) is 12.9. The van der Waals surface area contributed by atoms with Gasteiger partial charge in [0.25, 0.3) is 5.91 Å². The summed E-state index contributed by atoms with van der Waals surface area (Å²) < 4.78 is 8.43. The van der Waals surface area contributed by atoms with Crippen LogP contribution in [0.15, 0.2) is 6.20 Å². The van der Waals surface area contributed by atoms with Crippen molar-refractivity contribution in [2.75, 3.05) is 31.6 Å². The third-order valence-electron chi connectivity index (χ3n) is 4.50. The van der Waals surface area contributed by atoms with Crippen LogP contribution in [0, 0.1) is 13.8 Å². The van der Waals surface area contributed by atoms with Crippen LogP contribution in [0.3, 0.4) is 0 Å². The lowest BCUT2D eigenvalue weighted by molar-refractivity contribution is -0.116. The van der Waals surface area contributed by atoms with E-state index in [9.17, 15) is 9.59 Å². The Hall–Kier alpha value is -2.39. The molecule has 9 nitrogen and oxygen atoms in total. The number of rotatable bonds is 5. The number of halogens is 1. The van der Waals surface area contributed by atoms with Crippen molar-refractivity contribution in [3.8, 4) is 0 Å². The third kappa shape index (κ3) is 3.98. The maximum absolute atomic E-state index is 12.9. The average molecular weight is 395 g/mol. The molecule has 27 heavy (non-hydrogen) atoms. The molecule has 0 radical (unpaired) electrons. The lowest BCUT2D eigenvalue weighted by Crippen LogP contribution is -2.41. The Morgan fingerprint density at radius 1 is 1.26 bits per heavy atom. The monoisotopic (exact) mass is 394 g/mol. The minimum absolute atomic E-state index is 0.00187. The topological polar surface area (TPSA) is 94.3 Å². The zero-order valence-electron chi connectivity index (χ0n) is 15.7. The molecule has 1 aliphatic heterocycles. The zero-order valence-corrected chi connectivity index (χ0v) is 16.4. The minimum atomic E-state index is -0.302. The maximum Gasteiger partial charge on any atom is 0.274 e. The molecule has 0 spiro atoms. The van der Waals surface area contributed by atoms with E-state index in [0.29, 0.717) is 54.9 Å². The number of aromatic nitrogens is 4. The normalized spacial score (nSPS) is 14.4. The fraction of sp³-hybridized carbons (Fsp3) is 0.529. The van der Waals surface area contributed by atoms with Crippen LogP contribution < -0.4 is 5.32 Å². The SMILES string of the molecule is CCn1ncc(NC(=O)Cn2nc(C)c(Cl)c2C)c1C(=O)N1CCOCC1. The molecule has 0 aliphatic carbocycles. The van der Waals surface area contributed by atoms with E-state index in [0.717, 1.165) is 5.69 Å². The summed E-state index contributed by atoms with van der Waals surface area (Å²) in [5, 5.41) is 11.8. The van der Waals surface area contributed by atoms with Crippen LogP contribution in [0.5, 0.6) is 0 Å². The summed E-state index contributed by atoms with van der Waals surface area (Å²) in [7, 11) is 0. The van der Waals surface area contributed by atoms with E-state index in [1.165, 1.54) is 6.20 Å². The van der Waals surface area contributed by atoms with Crippen molar-refractivity contribution >= 4 is 29.1 Å². The molecule has 0 atom stereocenters. The van der Waals surface area contributed by atoms with E-state index in [2.05, 4.69) is 15.5 Å². The van der Waals surface area contributed by atoms with Crippen molar-refractivity contribution in [3.63, 3.8) is 0 Å². The van der Waals surface area contributed by atoms with Gasteiger partial charge >= 0.3 is 0 Å². The van der Waals surface area contributed by atoms with Gasteiger partial charge in [-0.2, -0.15) is 10.2 Å². The molecule has 1 N–H and O–H groups in total. The second kappa shape index (κ2) is 8.10. The van der Waals surface area contributed by atoms with Crippen molar-refractivity contribution < 1.29 is 14.3 Å². The molecule has 3 rings (SSSR count). The van der Waals surface area contributed by atoms with E-state index in [1.807, 2.05) is 6.92 Å². The number of aryl methyl sites for hydroxylation is 2. The number of carbonyl (C=O) groups is 2. The second-order valence-electron chi connectivity index (χ2n) is 6.32. The van der Waals surface area contributed by atoms with Crippen molar-refractivity contribution in [1.29, 1.82) is 0 Å². The number of carbonyl (C=O) groups excluding carboxylic acids is 2. The van der Waals surface area contributed by atoms with Gasteiger partial charge in [-0.05, 0) is 20.8 Å². The Kier molecular flexibility index (Phi) is 5.81. The number of nitrogens with one attached hydrogen (secondary N) is 1. The first-order valence-electron chi connectivity index (χ1n) is 8.84. The summed E-state index contributed by atoms with van der Waals surface area (Å²) in [6.07, 6.45) is 1.50. The molecule has 3 heterocycles. The standard InChI is InChI=1S/C17H23ClN6O3/c1-4-23-16(17(26)22-5-7-27-8-6-22)13(9-19-23)20-14(25)10-24-12(3)15(18)11(2)21-24/h9H,4-8,10H2,1-3H3,(H,20,25). The summed E-state index contributed by atoms with van der Waals surface area (Å²) in [5.74, 6) is -0.467. The quantitative estimate of drug-likeness (QED) is 0.828. The Labute approximate surface area is 162 Å². The molecule has 1 aliphatic rings. The van der Waals surface area contributed by atoms with Gasteiger partial charge in [-0.25, -0.2) is 0 Å². The van der Waals surface area contributed by atoms with E-state index in [1.54, 1.807) is 28.1 Å². The highest BCUT2D eigenvalue weighted by molar-refractivity contribution is 6.31. The van der Waals surface area contributed by atoms with Gasteiger partial charge in [-0.15, -0.1) is 0 Å². The first kappa shape index (κ1) is 19.4. The summed E-state index contributed by atoms with van der Waals surface area (Å²) in [6, 6.07) is 0. The van der Waals surface area contributed by atoms with E-state index >= 15 is 0 Å². The highest BCUT2D eigenvalue weighted by atomic mass is 35.5. The van der Waals surface area contributed by atoms with Gasteiger partial charge in [-0.1, -0.05) is 11.6 Å². The molecular formula is C17H23ClN6O3. The van der Waals surface area contributed by atoms with Crippen LogP contribution in [0.2, 0.25) is 5.02 Å². The molecule has 1 fully saturated rings. The van der Waals surface area contributed by atoms with Crippen LogP contribution in [-0.2, 0) is 22.6 Å². The number of anilines is 1. The predicted octanol–water partition coefficient (Wildman–Crippen LogP) is 1.48. The van der Waals surface area contributed by atoms with Gasteiger partial charge in [-0.3, -0.25) is 19.0 Å². The highest BCUT2D eigenvalue weighted by Crippen LogP contribution is 2.20. The van der Waals surface area contributed by atoms with Crippen molar-refractivity contribution in [3.05, 3.63) is 28.3 Å². The maximum atomic E-state index is 12.9. The first-order valence-corrected chi connectivity index (χ1v) is 9.22. The van der Waals surface area contributed by atoms with Crippen LogP contribution in [-0.4, -0.2) is 62.6 Å². The number of morpholine rings is 1. The average Bonchev–Trinajstić information content (AvgIpc) is 3.18. The van der Waals surface area contributed by atoms with Crippen molar-refractivity contribution in [2.24, 2.45) is 0 Å². The van der Waals surface area contributed by atoms with Gasteiger partial charge in [0.2, 0.25) is 5.91 Å². The van der Waals surface area contributed by atoms with Crippen LogP contribution >= 0.6 is 11.6 Å². The molecule has 0 unspecified atom stereocenters. The Morgan fingerprint density at radius 3 is 2.56 bits per heavy atom. The lowest BCUT2D eigenvalue weighted by atomic mass is 10.2. The molecule has 0 bridgehead atoms. The van der Waals surface area contributed by atoms with Gasteiger partial charge in [0.05, 0.1) is 41.5 Å². The predicted molar refractivity (Wildman–Crippen MR) is 100.0 cm³/mol. The van der Waals surface area contributed by atoms with Crippen LogP contribution in [0.4, 0.5) is 5.69 Å². The van der Waals surface area contributed by atoms with Crippen LogP contribution in [0.1, 0.15) is 28.8 Å². The smallest absolute Gasteiger partial charge is 0.274 e. The molecule has 2 amide bonds. The van der Waals surface area contributed by atoms with Crippen molar-refractivity contribution in [1.82, 2.24) is 24.5 Å². The largest absolute Gasteiger partial charge is 0.378 e. The summed E-state index contributed by atoms with van der Waals surface area (Å²) >= 11 is 6.13. The Morgan fingerprint density at radius 2 is 1.96 bits per heavy atom. The fourth-order valence-electron chi connectivity index (χ4n) is 3.01. The third-order valence-corrected chi connectivity index (χ3v) is 5.05. The number of nitrogens with zero attached hydrogens (tertiary/aromatic N) is 5. The van der Waals surface area contributed by atoms with Gasteiger partial charge in [0, 0.05) is 19.6 Å². The Bertz CT molecular complexity index is 853. The van der Waals surface area contributed by atoms with Gasteiger partial charge in [0.1, 0.15) is 12.2 Å². The molecule has 2 aromatic rings. The van der Waals surface area contributed by atoms with Crippen LogP contribution in [0.25, 0.3) is 0 Å². The molecule has 2 aromatic heterocycles. The molecule has 146 valence electrons. The summed E-state index contributed by atoms with van der Waals surface area (Å²) in [5.41, 5.74) is 2.16. The molecular weight excluding hydrogens is 372 g/mol. The fourth-order valence-corrected chi connectivity index (χ4v) is 3.15. The minimum Gasteiger partial charge on any atom is -0.378 e. The van der Waals surface area contributed by atoms with E-state index in [-0.39, 0.29) is 18.4 Å². The molecule has 1 saturated heterocycles. The molecule has 0 aromatic carbocycles. The van der Waals surface area contributed by atoms with E-state index in [4.69, 9.17) is 16.3 Å². The van der Waals surface area contributed by atoms with Gasteiger partial charge < -0.3 is 15.0 Å². The summed E-state index contributed by atoms with van der Waals surface area (Å²) in [4.78, 5) is 27.1. The number of ether oxygens (including phenoxy) is 1. The highest BCUT2D eigenvalue weighted by Gasteiger charge is 2.26. The molecule has 0 saturated carbocycles.